The first-order chi connectivity index (χ1) is 30.9. The van der Waals surface area contributed by atoms with E-state index in [-0.39, 0.29) is 13.1 Å². The Kier molecular flexibility index (Phi) is 26.2. The topological polar surface area (TPSA) is 159 Å². The Morgan fingerprint density at radius 2 is 0.750 bits per heavy atom. The van der Waals surface area contributed by atoms with Gasteiger partial charge in [-0.3, -0.25) is 10.6 Å². The largest absolute Gasteiger partial charge is 0.449 e. The van der Waals surface area contributed by atoms with Crippen molar-refractivity contribution in [3.63, 3.8) is 0 Å². The average molecular weight is 885 g/mol. The molecule has 0 saturated heterocycles. The molecule has 0 bridgehead atoms. The number of nitrogens with one attached hydrogen (secondary N) is 6. The molecular formula is C52H80N6O6. The minimum absolute atomic E-state index is 0.258. The number of unbranched alkanes of at least 4 members (excludes halogenated alkanes) is 14. The van der Waals surface area contributed by atoms with Gasteiger partial charge >= 0.3 is 24.2 Å². The summed E-state index contributed by atoms with van der Waals surface area (Å²) in [6.07, 6.45) is 20.6. The van der Waals surface area contributed by atoms with E-state index in [9.17, 15) is 19.2 Å². The lowest BCUT2D eigenvalue weighted by Gasteiger charge is -2.15. The number of hydrogen-bond acceptors (Lipinski definition) is 6. The number of ether oxygens (including phenoxy) is 2. The number of carbonyl (C=O) groups is 4. The van der Waals surface area contributed by atoms with Gasteiger partial charge in [0, 0.05) is 35.8 Å². The van der Waals surface area contributed by atoms with Gasteiger partial charge in [0.25, 0.3) is 0 Å². The lowest BCUT2D eigenvalue weighted by Crippen LogP contribution is -2.29. The van der Waals surface area contributed by atoms with Crippen LogP contribution < -0.4 is 31.9 Å². The molecule has 0 radical (unpaired) electrons. The highest BCUT2D eigenvalue weighted by Gasteiger charge is 2.13. The molecule has 0 atom stereocenters. The molecule has 6 N–H and O–H groups in total. The second-order valence-corrected chi connectivity index (χ2v) is 17.9. The van der Waals surface area contributed by atoms with Crippen molar-refractivity contribution in [1.29, 1.82) is 0 Å². The molecule has 0 aromatic heterocycles. The number of carbonyl (C=O) groups excluding carboxylic acids is 4. The standard InChI is InChI=1S/C52H80N6O6/c1-39(2)26-19-15-11-7-9-13-17-21-34-63-51(61)57-47-32-24-30-45(41(47)5)55-49(59)53-37-43-28-23-29-44(36-43)38-54-50(60)56-46-31-25-33-48(42(46)6)58-52(62)64-35-22-18-14-10-8-12-16-20-27-40(3)4/h23-25,28-33,36,39-40H,7-22,26-27,34-35,37-38H2,1-6H3,(H,57,61)(H,58,62)(H2,53,55,59)(H2,54,56,60). The van der Waals surface area contributed by atoms with E-state index in [1.54, 1.807) is 36.4 Å². The van der Waals surface area contributed by atoms with E-state index in [2.05, 4.69) is 59.6 Å². The summed E-state index contributed by atoms with van der Waals surface area (Å²) in [5.74, 6) is 1.58. The number of urea groups is 2. The van der Waals surface area contributed by atoms with E-state index in [4.69, 9.17) is 9.47 Å². The second-order valence-electron chi connectivity index (χ2n) is 17.9. The number of rotatable bonds is 30. The van der Waals surface area contributed by atoms with E-state index in [0.29, 0.717) is 47.1 Å². The van der Waals surface area contributed by atoms with Crippen LogP contribution in [0.1, 0.15) is 166 Å². The summed E-state index contributed by atoms with van der Waals surface area (Å²) < 4.78 is 10.8. The fraction of sp³-hybridized carbons (Fsp3) is 0.577. The van der Waals surface area contributed by atoms with Crippen molar-refractivity contribution >= 4 is 47.0 Å². The lowest BCUT2D eigenvalue weighted by molar-refractivity contribution is 0.158. The summed E-state index contributed by atoms with van der Waals surface area (Å²) in [6, 6.07) is 17.4. The van der Waals surface area contributed by atoms with Gasteiger partial charge in [0.2, 0.25) is 0 Å². The van der Waals surface area contributed by atoms with Crippen molar-refractivity contribution in [1.82, 2.24) is 10.6 Å². The smallest absolute Gasteiger partial charge is 0.411 e. The van der Waals surface area contributed by atoms with Crippen LogP contribution in [0.25, 0.3) is 0 Å². The van der Waals surface area contributed by atoms with E-state index in [0.717, 1.165) is 61.5 Å². The van der Waals surface area contributed by atoms with E-state index in [1.807, 2.05) is 38.1 Å². The molecule has 12 nitrogen and oxygen atoms in total. The number of hydrogen-bond donors (Lipinski definition) is 6. The fourth-order valence-corrected chi connectivity index (χ4v) is 7.41. The van der Waals surface area contributed by atoms with Gasteiger partial charge in [0.1, 0.15) is 0 Å². The van der Waals surface area contributed by atoms with Gasteiger partial charge in [0.15, 0.2) is 0 Å². The molecule has 0 fully saturated rings. The van der Waals surface area contributed by atoms with Crippen molar-refractivity contribution in [3.05, 3.63) is 82.9 Å². The Morgan fingerprint density at radius 3 is 1.11 bits per heavy atom. The molecule has 0 aliphatic carbocycles. The van der Waals surface area contributed by atoms with Crippen LogP contribution in [0.15, 0.2) is 60.7 Å². The number of anilines is 4. The van der Waals surface area contributed by atoms with E-state index < -0.39 is 24.2 Å². The summed E-state index contributed by atoms with van der Waals surface area (Å²) in [6.45, 7) is 14.0. The Bertz CT molecular complexity index is 1700. The molecular weight excluding hydrogens is 805 g/mol. The summed E-state index contributed by atoms with van der Waals surface area (Å²) >= 11 is 0. The van der Waals surface area contributed by atoms with E-state index in [1.165, 1.54) is 77.0 Å². The maximum absolute atomic E-state index is 12.9. The van der Waals surface area contributed by atoms with Gasteiger partial charge in [-0.1, -0.05) is 167 Å². The van der Waals surface area contributed by atoms with Gasteiger partial charge < -0.3 is 30.7 Å². The third-order valence-electron chi connectivity index (χ3n) is 11.4. The molecule has 0 aliphatic rings. The quantitative estimate of drug-likeness (QED) is 0.0366. The Morgan fingerprint density at radius 1 is 0.438 bits per heavy atom. The van der Waals surface area contributed by atoms with Crippen LogP contribution in [0.4, 0.5) is 41.9 Å². The van der Waals surface area contributed by atoms with Crippen LogP contribution in [0.3, 0.4) is 0 Å². The predicted molar refractivity (Wildman–Crippen MR) is 263 cm³/mol. The van der Waals surface area contributed by atoms with Crippen molar-refractivity contribution < 1.29 is 28.7 Å². The molecule has 6 amide bonds. The maximum Gasteiger partial charge on any atom is 0.411 e. The molecule has 0 saturated carbocycles. The summed E-state index contributed by atoms with van der Waals surface area (Å²) in [7, 11) is 0. The molecule has 64 heavy (non-hydrogen) atoms. The van der Waals surface area contributed by atoms with Crippen molar-refractivity contribution in [3.8, 4) is 0 Å². The van der Waals surface area contributed by atoms with Gasteiger partial charge in [-0.2, -0.15) is 0 Å². The zero-order valence-electron chi connectivity index (χ0n) is 39.9. The molecule has 3 aromatic carbocycles. The van der Waals surface area contributed by atoms with Crippen LogP contribution >= 0.6 is 0 Å². The molecule has 12 heteroatoms. The first-order valence-corrected chi connectivity index (χ1v) is 24.2. The first-order valence-electron chi connectivity index (χ1n) is 24.2. The number of benzene rings is 3. The Hall–Kier alpha value is -5.26. The van der Waals surface area contributed by atoms with Crippen LogP contribution in [-0.4, -0.2) is 37.5 Å². The molecule has 0 aliphatic heterocycles. The zero-order valence-corrected chi connectivity index (χ0v) is 39.9. The minimum Gasteiger partial charge on any atom is -0.449 e. The van der Waals surface area contributed by atoms with Crippen LogP contribution in [0.5, 0.6) is 0 Å². The first kappa shape index (κ1) is 53.1. The number of amides is 6. The van der Waals surface area contributed by atoms with Crippen molar-refractivity contribution in [2.45, 2.75) is 170 Å². The van der Waals surface area contributed by atoms with Gasteiger partial charge in [-0.15, -0.1) is 0 Å². The molecule has 0 unspecified atom stereocenters. The van der Waals surface area contributed by atoms with Crippen LogP contribution in [-0.2, 0) is 22.6 Å². The maximum atomic E-state index is 12.9. The SMILES string of the molecule is Cc1c(NC(=O)NCc2cccc(CNC(=O)Nc3cccc(NC(=O)OCCCCCCCCCCC(C)C)c3C)c2)cccc1NC(=O)OCCCCCCCCCCC(C)C. The highest BCUT2D eigenvalue weighted by Crippen LogP contribution is 2.25. The van der Waals surface area contributed by atoms with Gasteiger partial charge in [-0.05, 0) is 85.0 Å². The second kappa shape index (κ2) is 31.6. The lowest BCUT2D eigenvalue weighted by atomic mass is 10.0. The summed E-state index contributed by atoms with van der Waals surface area (Å²) in [5, 5.41) is 17.1. The molecule has 0 heterocycles. The normalized spacial score (nSPS) is 11.0. The Labute approximate surface area is 384 Å². The minimum atomic E-state index is -0.512. The monoisotopic (exact) mass is 885 g/mol. The average Bonchev–Trinajstić information content (AvgIpc) is 3.26. The van der Waals surface area contributed by atoms with Crippen molar-refractivity contribution in [2.75, 3.05) is 34.5 Å². The van der Waals surface area contributed by atoms with Gasteiger partial charge in [-0.25, -0.2) is 19.2 Å². The predicted octanol–water partition coefficient (Wildman–Crippen LogP) is 14.4. The van der Waals surface area contributed by atoms with Gasteiger partial charge in [0.05, 0.1) is 13.2 Å². The third-order valence-corrected chi connectivity index (χ3v) is 11.4. The highest BCUT2D eigenvalue weighted by atomic mass is 16.6. The van der Waals surface area contributed by atoms with E-state index >= 15 is 0 Å². The summed E-state index contributed by atoms with van der Waals surface area (Å²) in [5.41, 5.74) is 5.38. The van der Waals surface area contributed by atoms with Crippen LogP contribution in [0, 0.1) is 25.7 Å². The molecule has 0 spiro atoms. The summed E-state index contributed by atoms with van der Waals surface area (Å²) in [4.78, 5) is 50.8. The molecule has 354 valence electrons. The van der Waals surface area contributed by atoms with Crippen LogP contribution in [0.2, 0.25) is 0 Å². The Balaban J connectivity index is 1.32. The molecule has 3 aromatic rings. The molecule has 3 rings (SSSR count). The third kappa shape index (κ3) is 23.4. The van der Waals surface area contributed by atoms with Crippen molar-refractivity contribution in [2.24, 2.45) is 11.8 Å². The highest BCUT2D eigenvalue weighted by molar-refractivity contribution is 5.94. The fourth-order valence-electron chi connectivity index (χ4n) is 7.41. The zero-order chi connectivity index (χ0) is 46.4.